The standard InChI is InChI=1S/C21H28N2OS/c1-5-13-23(4)14-6-7-15-24-18-11-12-19-20(10-8-9-17(2)3)22-25-21(19)16-18/h5-7,9,11-12,16H,1,8,10,13-15H2,2-4H3. The van der Waals surface area contributed by atoms with E-state index in [9.17, 15) is 0 Å². The SMILES string of the molecule is C=CCN(C)CC=CCOc1ccc2c(CCC=C(C)C)nsc2c1. The largest absolute Gasteiger partial charge is 0.489 e. The van der Waals surface area contributed by atoms with Gasteiger partial charge >= 0.3 is 0 Å². The summed E-state index contributed by atoms with van der Waals surface area (Å²) >= 11 is 1.56. The monoisotopic (exact) mass is 356 g/mol. The Morgan fingerprint density at radius 2 is 2.12 bits per heavy atom. The second-order valence-electron chi connectivity index (χ2n) is 6.40. The normalized spacial score (nSPS) is 11.4. The van der Waals surface area contributed by atoms with E-state index >= 15 is 0 Å². The number of fused-ring (bicyclic) bond motifs is 1. The van der Waals surface area contributed by atoms with Gasteiger partial charge in [0.25, 0.3) is 0 Å². The zero-order valence-electron chi connectivity index (χ0n) is 15.5. The molecule has 0 saturated heterocycles. The number of aryl methyl sites for hydroxylation is 1. The number of rotatable bonds is 10. The average Bonchev–Trinajstić information content (AvgIpc) is 2.97. The number of likely N-dealkylation sites (N-methyl/N-ethyl adjacent to an activating group) is 1. The summed E-state index contributed by atoms with van der Waals surface area (Å²) in [6.45, 7) is 10.4. The molecule has 0 radical (unpaired) electrons. The lowest BCUT2D eigenvalue weighted by atomic mass is 10.1. The maximum atomic E-state index is 5.82. The van der Waals surface area contributed by atoms with Crippen molar-refractivity contribution < 1.29 is 4.74 Å². The second-order valence-corrected chi connectivity index (χ2v) is 7.20. The van der Waals surface area contributed by atoms with Crippen LogP contribution in [-0.4, -0.2) is 36.0 Å². The molecule has 134 valence electrons. The van der Waals surface area contributed by atoms with Crippen molar-refractivity contribution in [2.45, 2.75) is 26.7 Å². The number of hydrogen-bond donors (Lipinski definition) is 0. The van der Waals surface area contributed by atoms with Crippen LogP contribution in [0.4, 0.5) is 0 Å². The number of benzene rings is 1. The maximum absolute atomic E-state index is 5.82. The minimum absolute atomic E-state index is 0.583. The second kappa shape index (κ2) is 10.2. The fourth-order valence-corrected chi connectivity index (χ4v) is 3.35. The lowest BCUT2D eigenvalue weighted by molar-refractivity contribution is 0.361. The molecule has 0 bridgehead atoms. The number of hydrogen-bond acceptors (Lipinski definition) is 4. The van der Waals surface area contributed by atoms with E-state index in [1.165, 1.54) is 21.4 Å². The predicted octanol–water partition coefficient (Wildman–Crippen LogP) is 5.25. The Morgan fingerprint density at radius 1 is 1.28 bits per heavy atom. The van der Waals surface area contributed by atoms with Crippen LogP contribution in [0.5, 0.6) is 5.75 Å². The van der Waals surface area contributed by atoms with Crippen LogP contribution in [0.1, 0.15) is 26.0 Å². The van der Waals surface area contributed by atoms with Crippen molar-refractivity contribution in [3.05, 3.63) is 60.3 Å². The van der Waals surface area contributed by atoms with Crippen molar-refractivity contribution in [3.8, 4) is 5.75 Å². The summed E-state index contributed by atoms with van der Waals surface area (Å²) in [5.41, 5.74) is 2.55. The molecule has 1 aromatic heterocycles. The topological polar surface area (TPSA) is 25.4 Å². The Hall–Kier alpha value is -1.91. The van der Waals surface area contributed by atoms with Crippen LogP contribution in [0.3, 0.4) is 0 Å². The van der Waals surface area contributed by atoms with Gasteiger partial charge in [0.2, 0.25) is 0 Å². The van der Waals surface area contributed by atoms with E-state index in [-0.39, 0.29) is 0 Å². The Balaban J connectivity index is 1.88. The van der Waals surface area contributed by atoms with Crippen molar-refractivity contribution in [2.75, 3.05) is 26.7 Å². The summed E-state index contributed by atoms with van der Waals surface area (Å²) in [5, 5.41) is 1.25. The fourth-order valence-electron chi connectivity index (χ4n) is 2.50. The summed E-state index contributed by atoms with van der Waals surface area (Å²) in [6.07, 6.45) is 10.4. The number of aromatic nitrogens is 1. The zero-order valence-corrected chi connectivity index (χ0v) is 16.3. The van der Waals surface area contributed by atoms with Gasteiger partial charge in [-0.2, -0.15) is 4.37 Å². The lowest BCUT2D eigenvalue weighted by Gasteiger charge is -2.10. The molecular weight excluding hydrogens is 328 g/mol. The predicted molar refractivity (Wildman–Crippen MR) is 110 cm³/mol. The van der Waals surface area contributed by atoms with Crippen LogP contribution < -0.4 is 4.74 Å². The van der Waals surface area contributed by atoms with Crippen LogP contribution in [0, 0.1) is 0 Å². The summed E-state index contributed by atoms with van der Waals surface area (Å²) in [6, 6.07) is 6.27. The third-order valence-electron chi connectivity index (χ3n) is 3.82. The molecule has 0 aliphatic heterocycles. The highest BCUT2D eigenvalue weighted by molar-refractivity contribution is 7.13. The first-order chi connectivity index (χ1) is 12.1. The molecular formula is C21H28N2OS. The van der Waals surface area contributed by atoms with E-state index in [1.807, 2.05) is 12.1 Å². The first-order valence-corrected chi connectivity index (χ1v) is 9.46. The summed E-state index contributed by atoms with van der Waals surface area (Å²) in [4.78, 5) is 2.18. The van der Waals surface area contributed by atoms with E-state index in [1.54, 1.807) is 11.5 Å². The highest BCUT2D eigenvalue weighted by atomic mass is 32.1. The molecule has 0 atom stereocenters. The van der Waals surface area contributed by atoms with Crippen molar-refractivity contribution in [3.63, 3.8) is 0 Å². The van der Waals surface area contributed by atoms with Gasteiger partial charge in [0.15, 0.2) is 0 Å². The summed E-state index contributed by atoms with van der Waals surface area (Å²) in [5.74, 6) is 0.899. The number of ether oxygens (including phenoxy) is 1. The van der Waals surface area contributed by atoms with Gasteiger partial charge in [0.1, 0.15) is 12.4 Å². The third-order valence-corrected chi connectivity index (χ3v) is 4.67. The van der Waals surface area contributed by atoms with Crippen LogP contribution in [0.15, 0.2) is 54.7 Å². The molecule has 0 saturated carbocycles. The van der Waals surface area contributed by atoms with Crippen LogP contribution in [0.2, 0.25) is 0 Å². The van der Waals surface area contributed by atoms with E-state index in [0.29, 0.717) is 6.61 Å². The van der Waals surface area contributed by atoms with Crippen LogP contribution in [0.25, 0.3) is 10.1 Å². The third kappa shape index (κ3) is 6.48. The zero-order chi connectivity index (χ0) is 18.1. The van der Waals surface area contributed by atoms with Gasteiger partial charge in [-0.25, -0.2) is 0 Å². The molecule has 0 fully saturated rings. The van der Waals surface area contributed by atoms with Gasteiger partial charge in [-0.15, -0.1) is 6.58 Å². The van der Waals surface area contributed by atoms with E-state index < -0.39 is 0 Å². The van der Waals surface area contributed by atoms with E-state index in [0.717, 1.165) is 31.7 Å². The molecule has 0 spiro atoms. The Kier molecular flexibility index (Phi) is 7.89. The maximum Gasteiger partial charge on any atom is 0.121 e. The van der Waals surface area contributed by atoms with Crippen molar-refractivity contribution in [2.24, 2.45) is 0 Å². The number of allylic oxidation sites excluding steroid dienone is 2. The number of nitrogens with zero attached hydrogens (tertiary/aromatic N) is 2. The van der Waals surface area contributed by atoms with E-state index in [4.69, 9.17) is 4.74 Å². The lowest BCUT2D eigenvalue weighted by Crippen LogP contribution is -2.17. The minimum atomic E-state index is 0.583. The van der Waals surface area contributed by atoms with Crippen molar-refractivity contribution in [1.82, 2.24) is 9.27 Å². The Labute approximate surface area is 155 Å². The highest BCUT2D eigenvalue weighted by Gasteiger charge is 2.06. The van der Waals surface area contributed by atoms with Crippen LogP contribution >= 0.6 is 11.5 Å². The van der Waals surface area contributed by atoms with Crippen molar-refractivity contribution >= 4 is 21.6 Å². The Morgan fingerprint density at radius 3 is 2.88 bits per heavy atom. The quantitative estimate of drug-likeness (QED) is 0.544. The fraction of sp³-hybridized carbons (Fsp3) is 0.381. The average molecular weight is 357 g/mol. The first-order valence-electron chi connectivity index (χ1n) is 8.69. The van der Waals surface area contributed by atoms with Gasteiger partial charge < -0.3 is 4.74 Å². The highest BCUT2D eigenvalue weighted by Crippen LogP contribution is 2.28. The molecule has 3 nitrogen and oxygen atoms in total. The molecule has 4 heteroatoms. The molecule has 1 aromatic carbocycles. The smallest absolute Gasteiger partial charge is 0.121 e. The van der Waals surface area contributed by atoms with Gasteiger partial charge in [-0.1, -0.05) is 29.9 Å². The minimum Gasteiger partial charge on any atom is -0.489 e. The molecule has 0 aliphatic rings. The van der Waals surface area contributed by atoms with Gasteiger partial charge in [-0.3, -0.25) is 4.90 Å². The Bertz CT molecular complexity index is 741. The molecule has 2 rings (SSSR count). The van der Waals surface area contributed by atoms with Gasteiger partial charge in [-0.05, 0) is 63.5 Å². The van der Waals surface area contributed by atoms with Crippen molar-refractivity contribution in [1.29, 1.82) is 0 Å². The van der Waals surface area contributed by atoms with Gasteiger partial charge in [0.05, 0.1) is 10.4 Å². The van der Waals surface area contributed by atoms with E-state index in [2.05, 4.69) is 67.1 Å². The van der Waals surface area contributed by atoms with Crippen LogP contribution in [-0.2, 0) is 6.42 Å². The molecule has 25 heavy (non-hydrogen) atoms. The van der Waals surface area contributed by atoms with Gasteiger partial charge in [0, 0.05) is 18.5 Å². The molecule has 0 N–H and O–H groups in total. The molecule has 0 unspecified atom stereocenters. The molecule has 0 aliphatic carbocycles. The molecule has 2 aromatic rings. The molecule has 1 heterocycles. The summed E-state index contributed by atoms with van der Waals surface area (Å²) < 4.78 is 11.6. The molecule has 0 amide bonds. The summed E-state index contributed by atoms with van der Waals surface area (Å²) in [7, 11) is 2.07. The first kappa shape index (κ1) is 19.4.